The molecule has 0 bridgehead atoms. The summed E-state index contributed by atoms with van der Waals surface area (Å²) in [7, 11) is -10.3. The van der Waals surface area contributed by atoms with Gasteiger partial charge in [0, 0.05) is 20.8 Å². The van der Waals surface area contributed by atoms with E-state index in [1.54, 1.807) is 0 Å². The Hall–Kier alpha value is 1.61. The summed E-state index contributed by atoms with van der Waals surface area (Å²) in [5, 5.41) is 0. The van der Waals surface area contributed by atoms with Crippen LogP contribution in [0.4, 0.5) is 0 Å². The molecule has 0 rings (SSSR count). The van der Waals surface area contributed by atoms with Gasteiger partial charge in [-0.25, -0.2) is 0 Å². The predicted molar refractivity (Wildman–Crippen MR) is 26.7 cm³/mol. The van der Waals surface area contributed by atoms with Crippen LogP contribution in [0.5, 0.6) is 0 Å². The molecule has 0 heterocycles. The third-order valence-electron chi connectivity index (χ3n) is 0. The molecule has 0 fully saturated rings. The topological polar surface area (TPSA) is 161 Å². The average Bonchev–Trinajstić information content (AvgIpc) is 1.12. The van der Waals surface area contributed by atoms with E-state index in [1.807, 2.05) is 0 Å². The molecule has 0 saturated heterocycles. The fourth-order valence-electron chi connectivity index (χ4n) is 0. The molecule has 0 atom stereocenters. The average molecular weight is 288 g/mol. The van der Waals surface area contributed by atoms with Gasteiger partial charge >= 0.3 is 66.6 Å². The second kappa shape index (κ2) is 9.18. The van der Waals surface area contributed by atoms with Gasteiger partial charge in [-0.15, -0.1) is 0 Å². The van der Waals surface area contributed by atoms with E-state index < -0.39 is 20.8 Å². The van der Waals surface area contributed by atoms with Crippen molar-refractivity contribution < 1.29 is 93.2 Å². The van der Waals surface area contributed by atoms with Gasteiger partial charge in [0.25, 0.3) is 0 Å². The summed E-state index contributed by atoms with van der Waals surface area (Å²) in [6.07, 6.45) is 0. The first kappa shape index (κ1) is 23.4. The van der Waals surface area contributed by atoms with Crippen molar-refractivity contribution in [1.29, 1.82) is 0 Å². The fourth-order valence-corrected chi connectivity index (χ4v) is 0. The van der Waals surface area contributed by atoms with Gasteiger partial charge in [-0.2, -0.15) is 0 Å². The van der Waals surface area contributed by atoms with Gasteiger partial charge in [0.2, 0.25) is 0 Å². The predicted octanol–water partition coefficient (Wildman–Crippen LogP) is -6.05. The maximum atomic E-state index is 8.52. The molecule has 0 aromatic carbocycles. The Morgan fingerprint density at radius 3 is 0.667 bits per heavy atom. The molecule has 0 radical (unpaired) electrons. The molecule has 64 valence electrons. The first-order valence-corrected chi connectivity index (χ1v) is 4.00. The number of hydrogen-bond acceptors (Lipinski definition) is 8. The summed E-state index contributed by atoms with van der Waals surface area (Å²) in [6.45, 7) is 0. The van der Waals surface area contributed by atoms with Crippen molar-refractivity contribution in [3.63, 3.8) is 0 Å². The van der Waals surface area contributed by atoms with Gasteiger partial charge in [0.05, 0.1) is 0 Å². The van der Waals surface area contributed by atoms with E-state index >= 15 is 0 Å². The van der Waals surface area contributed by atoms with Crippen LogP contribution in [0.15, 0.2) is 0 Å². The summed E-state index contributed by atoms with van der Waals surface area (Å²) < 4.78 is 68.2. The monoisotopic (exact) mass is 288 g/mol. The van der Waals surface area contributed by atoms with Crippen molar-refractivity contribution >= 4 is 29.2 Å². The minimum atomic E-state index is -5.17. The molecule has 12 heteroatoms. The maximum absolute atomic E-state index is 8.52. The molecule has 0 unspecified atom stereocenters. The molecule has 8 nitrogen and oxygen atoms in total. The third kappa shape index (κ3) is 504. The number of rotatable bonds is 0. The van der Waals surface area contributed by atoms with Crippen molar-refractivity contribution in [3.8, 4) is 0 Å². The van der Waals surface area contributed by atoms with Crippen LogP contribution in [0.2, 0.25) is 0 Å². The molecule has 0 saturated carbocycles. The molecule has 12 heavy (non-hydrogen) atoms. The number of hydrogen-bond donors (Lipinski definition) is 0. The van der Waals surface area contributed by atoms with Crippen LogP contribution in [0.1, 0.15) is 0 Å². The van der Waals surface area contributed by atoms with Crippen molar-refractivity contribution in [2.45, 2.75) is 0 Å². The first-order chi connectivity index (χ1) is 4.00. The molecule has 0 aliphatic rings. The van der Waals surface area contributed by atoms with Gasteiger partial charge < -0.3 is 18.2 Å². The Labute approximate surface area is 120 Å². The molecule has 0 amide bonds. The second-order valence-electron chi connectivity index (χ2n) is 0.816. The Morgan fingerprint density at radius 2 is 0.667 bits per heavy atom. The summed E-state index contributed by atoms with van der Waals surface area (Å²) in [4.78, 5) is 0. The Kier molecular flexibility index (Phi) is 17.9. The van der Waals surface area contributed by atoms with E-state index in [2.05, 4.69) is 0 Å². The summed E-state index contributed by atoms with van der Waals surface area (Å²) in [5.41, 5.74) is 0. The van der Waals surface area contributed by atoms with Crippen molar-refractivity contribution in [1.82, 2.24) is 0 Å². The molecule has 0 aromatic rings. The van der Waals surface area contributed by atoms with Crippen LogP contribution in [0.3, 0.4) is 0 Å². The van der Waals surface area contributed by atoms with E-state index in [0.717, 1.165) is 0 Å². The largest absolute Gasteiger partial charge is 3.00 e. The van der Waals surface area contributed by atoms with Crippen LogP contribution < -0.4 is 58.2 Å². The quantitative estimate of drug-likeness (QED) is 0.242. The van der Waals surface area contributed by atoms with E-state index in [9.17, 15) is 0 Å². The van der Waals surface area contributed by atoms with E-state index in [1.165, 1.54) is 0 Å². The minimum Gasteiger partial charge on any atom is -0.759 e. The van der Waals surface area contributed by atoms with Gasteiger partial charge in [-0.3, -0.25) is 16.8 Å². The minimum absolute atomic E-state index is 0. The molecular formula is BO8RbS2. The Bertz CT molecular complexity index is 213. The second-order valence-corrected chi connectivity index (χ2v) is 2.45. The van der Waals surface area contributed by atoms with Gasteiger partial charge in [0.15, 0.2) is 0 Å². The standard InChI is InChI=1S/B.2H2O4S.Rb/c;2*1-5(2,3)4;/h;2*(H2,1,2,3,4);/q+3;;;+1/p-4. The van der Waals surface area contributed by atoms with Crippen LogP contribution >= 0.6 is 0 Å². The SMILES string of the molecule is O=S(=O)([O-])[O-].O=S(=O)([O-])[O-].[B+3].[Rb+]. The molecule has 0 aromatic heterocycles. The molecular weight excluding hydrogens is 288 g/mol. The summed E-state index contributed by atoms with van der Waals surface area (Å²) in [6, 6.07) is 0. The first-order valence-electron chi connectivity index (χ1n) is 1.33. The Morgan fingerprint density at radius 1 is 0.667 bits per heavy atom. The van der Waals surface area contributed by atoms with Gasteiger partial charge in [-0.05, 0) is 0 Å². The molecule has 0 aliphatic heterocycles. The van der Waals surface area contributed by atoms with Crippen LogP contribution in [0, 0.1) is 0 Å². The molecule has 0 aliphatic carbocycles. The normalized spacial score (nSPS) is 9.67. The van der Waals surface area contributed by atoms with Gasteiger partial charge in [-0.1, -0.05) is 0 Å². The van der Waals surface area contributed by atoms with Crippen LogP contribution in [0.25, 0.3) is 0 Å². The van der Waals surface area contributed by atoms with Crippen LogP contribution in [-0.4, -0.2) is 43.5 Å². The molecule has 0 N–H and O–H groups in total. The van der Waals surface area contributed by atoms with Crippen molar-refractivity contribution in [2.24, 2.45) is 0 Å². The smallest absolute Gasteiger partial charge is 0.759 e. The third-order valence-corrected chi connectivity index (χ3v) is 0. The summed E-state index contributed by atoms with van der Waals surface area (Å²) in [5.74, 6) is 0. The maximum Gasteiger partial charge on any atom is 3.00 e. The summed E-state index contributed by atoms with van der Waals surface area (Å²) >= 11 is 0. The van der Waals surface area contributed by atoms with E-state index in [-0.39, 0.29) is 66.6 Å². The fraction of sp³-hybridized carbons (Fsp3) is 0. The van der Waals surface area contributed by atoms with Crippen molar-refractivity contribution in [2.75, 3.05) is 0 Å². The van der Waals surface area contributed by atoms with Crippen LogP contribution in [-0.2, 0) is 20.8 Å². The molecule has 0 spiro atoms. The zero-order valence-corrected chi connectivity index (χ0v) is 12.2. The zero-order valence-electron chi connectivity index (χ0n) is 5.66. The Balaban J connectivity index is -0.0000000457. The van der Waals surface area contributed by atoms with Gasteiger partial charge in [0.1, 0.15) is 0 Å². The van der Waals surface area contributed by atoms with Crippen molar-refractivity contribution in [3.05, 3.63) is 0 Å². The van der Waals surface area contributed by atoms with E-state index in [4.69, 9.17) is 35.0 Å². The zero-order chi connectivity index (χ0) is 9.00. The van der Waals surface area contributed by atoms with E-state index in [0.29, 0.717) is 0 Å².